The van der Waals surface area contributed by atoms with Crippen LogP contribution >= 0.6 is 0 Å². The molecular weight excluding hydrogens is 298 g/mol. The first-order valence-corrected chi connectivity index (χ1v) is 8.59. The number of aliphatic imine (C=N–C) groups is 1. The second-order valence-corrected chi connectivity index (χ2v) is 5.66. The number of aryl methyl sites for hydroxylation is 1. The lowest BCUT2D eigenvalue weighted by atomic mass is 10.1. The van der Waals surface area contributed by atoms with Crippen LogP contribution in [-0.2, 0) is 19.4 Å². The summed E-state index contributed by atoms with van der Waals surface area (Å²) in [6.45, 7) is 6.50. The Morgan fingerprint density at radius 2 is 1.79 bits per heavy atom. The molecule has 2 aromatic rings. The first kappa shape index (κ1) is 17.9. The largest absolute Gasteiger partial charge is 0.508 e. The first-order chi connectivity index (χ1) is 11.7. The third kappa shape index (κ3) is 5.61. The molecule has 0 heterocycles. The molecule has 0 atom stereocenters. The van der Waals surface area contributed by atoms with Gasteiger partial charge in [-0.1, -0.05) is 43.3 Å². The second kappa shape index (κ2) is 9.60. The molecule has 128 valence electrons. The minimum Gasteiger partial charge on any atom is -0.508 e. The van der Waals surface area contributed by atoms with Crippen LogP contribution in [0.1, 0.15) is 30.5 Å². The molecule has 0 aliphatic carbocycles. The summed E-state index contributed by atoms with van der Waals surface area (Å²) in [5, 5.41) is 16.1. The molecule has 0 aromatic heterocycles. The van der Waals surface area contributed by atoms with Crippen molar-refractivity contribution in [3.63, 3.8) is 0 Å². The van der Waals surface area contributed by atoms with Crippen molar-refractivity contribution < 1.29 is 5.11 Å². The predicted molar refractivity (Wildman–Crippen MR) is 100 cm³/mol. The Kier molecular flexibility index (Phi) is 7.15. The molecule has 0 spiro atoms. The molecule has 0 amide bonds. The van der Waals surface area contributed by atoms with Crippen LogP contribution in [0.25, 0.3) is 0 Å². The van der Waals surface area contributed by atoms with Crippen LogP contribution in [-0.4, -0.2) is 24.2 Å². The molecule has 0 unspecified atom stereocenters. The highest BCUT2D eigenvalue weighted by molar-refractivity contribution is 5.79. The third-order valence-corrected chi connectivity index (χ3v) is 3.87. The number of phenols is 1. The monoisotopic (exact) mass is 325 g/mol. The smallest absolute Gasteiger partial charge is 0.191 e. The van der Waals surface area contributed by atoms with Crippen molar-refractivity contribution in [2.24, 2.45) is 4.99 Å². The van der Waals surface area contributed by atoms with Crippen molar-refractivity contribution in [2.45, 2.75) is 33.2 Å². The molecule has 2 aromatic carbocycles. The van der Waals surface area contributed by atoms with Gasteiger partial charge in [0.05, 0.1) is 6.54 Å². The molecule has 0 aliphatic heterocycles. The van der Waals surface area contributed by atoms with Gasteiger partial charge in [0.1, 0.15) is 5.75 Å². The van der Waals surface area contributed by atoms with Gasteiger partial charge in [0.2, 0.25) is 0 Å². The van der Waals surface area contributed by atoms with Crippen molar-refractivity contribution in [3.8, 4) is 5.75 Å². The summed E-state index contributed by atoms with van der Waals surface area (Å²) < 4.78 is 0. The van der Waals surface area contributed by atoms with Gasteiger partial charge >= 0.3 is 0 Å². The third-order valence-electron chi connectivity index (χ3n) is 3.87. The van der Waals surface area contributed by atoms with E-state index in [0.717, 1.165) is 37.5 Å². The zero-order valence-corrected chi connectivity index (χ0v) is 14.5. The Morgan fingerprint density at radius 1 is 1.00 bits per heavy atom. The Hall–Kier alpha value is -2.49. The molecule has 24 heavy (non-hydrogen) atoms. The van der Waals surface area contributed by atoms with Gasteiger partial charge in [-0.15, -0.1) is 0 Å². The lowest BCUT2D eigenvalue weighted by Gasteiger charge is -2.12. The normalized spacial score (nSPS) is 11.3. The van der Waals surface area contributed by atoms with Crippen LogP contribution in [0.3, 0.4) is 0 Å². The Balaban J connectivity index is 1.93. The van der Waals surface area contributed by atoms with Crippen molar-refractivity contribution in [3.05, 3.63) is 65.2 Å². The van der Waals surface area contributed by atoms with Crippen molar-refractivity contribution in [2.75, 3.05) is 13.1 Å². The Labute approximate surface area is 144 Å². The van der Waals surface area contributed by atoms with Crippen molar-refractivity contribution in [1.29, 1.82) is 0 Å². The van der Waals surface area contributed by atoms with E-state index in [4.69, 9.17) is 0 Å². The minimum absolute atomic E-state index is 0.309. The number of guanidine groups is 1. The van der Waals surface area contributed by atoms with E-state index in [0.29, 0.717) is 12.3 Å². The highest BCUT2D eigenvalue weighted by atomic mass is 16.3. The second-order valence-electron chi connectivity index (χ2n) is 5.66. The lowest BCUT2D eigenvalue weighted by Crippen LogP contribution is -2.38. The van der Waals surface area contributed by atoms with E-state index < -0.39 is 0 Å². The molecule has 0 aliphatic rings. The topological polar surface area (TPSA) is 56.7 Å². The highest BCUT2D eigenvalue weighted by Gasteiger charge is 2.01. The van der Waals surface area contributed by atoms with Crippen molar-refractivity contribution in [1.82, 2.24) is 10.6 Å². The van der Waals surface area contributed by atoms with E-state index in [9.17, 15) is 5.11 Å². The Bertz CT molecular complexity index is 667. The summed E-state index contributed by atoms with van der Waals surface area (Å²) in [5.41, 5.74) is 3.72. The van der Waals surface area contributed by atoms with E-state index in [1.54, 1.807) is 12.1 Å². The van der Waals surface area contributed by atoms with Crippen LogP contribution in [0.4, 0.5) is 0 Å². The van der Waals surface area contributed by atoms with E-state index in [-0.39, 0.29) is 0 Å². The number of nitrogens with zero attached hydrogens (tertiary/aromatic N) is 1. The lowest BCUT2D eigenvalue weighted by molar-refractivity contribution is 0.474. The van der Waals surface area contributed by atoms with Gasteiger partial charge < -0.3 is 15.7 Å². The molecular formula is C20H27N3O. The maximum atomic E-state index is 9.51. The number of phenolic OH excluding ortho intramolecular Hbond substituents is 1. The van der Waals surface area contributed by atoms with E-state index >= 15 is 0 Å². The maximum absolute atomic E-state index is 9.51. The first-order valence-electron chi connectivity index (χ1n) is 8.59. The van der Waals surface area contributed by atoms with E-state index in [2.05, 4.69) is 53.7 Å². The van der Waals surface area contributed by atoms with E-state index in [1.807, 2.05) is 12.1 Å². The van der Waals surface area contributed by atoms with Gasteiger partial charge in [-0.25, -0.2) is 4.99 Å². The van der Waals surface area contributed by atoms with Crippen LogP contribution in [0.2, 0.25) is 0 Å². The van der Waals surface area contributed by atoms with E-state index in [1.165, 1.54) is 11.1 Å². The summed E-state index contributed by atoms with van der Waals surface area (Å²) in [7, 11) is 0. The van der Waals surface area contributed by atoms with Crippen LogP contribution in [0.5, 0.6) is 5.75 Å². The zero-order chi connectivity index (χ0) is 17.2. The molecule has 4 nitrogen and oxygen atoms in total. The number of nitrogens with one attached hydrogen (secondary N) is 2. The molecule has 0 bridgehead atoms. The molecule has 0 saturated heterocycles. The summed E-state index contributed by atoms with van der Waals surface area (Å²) in [5.74, 6) is 1.13. The maximum Gasteiger partial charge on any atom is 0.191 e. The molecule has 4 heteroatoms. The minimum atomic E-state index is 0.309. The fourth-order valence-corrected chi connectivity index (χ4v) is 2.60. The average molecular weight is 325 g/mol. The van der Waals surface area contributed by atoms with Gasteiger partial charge in [-0.2, -0.15) is 0 Å². The molecule has 0 fully saturated rings. The molecule has 0 saturated carbocycles. The predicted octanol–water partition coefficient (Wildman–Crippen LogP) is 3.25. The standard InChI is InChI=1S/C20H27N3O/c1-3-17-9-5-6-10-18(17)15-23-20(21-4-2)22-13-12-16-8-7-11-19(24)14-16/h5-11,14,24H,3-4,12-13,15H2,1-2H3,(H2,21,22,23). The number of hydrogen-bond donors (Lipinski definition) is 3. The van der Waals surface area contributed by atoms with Crippen LogP contribution in [0, 0.1) is 0 Å². The zero-order valence-electron chi connectivity index (χ0n) is 14.5. The summed E-state index contributed by atoms with van der Waals surface area (Å²) in [6.07, 6.45) is 1.86. The molecule has 3 N–H and O–H groups in total. The number of hydrogen-bond acceptors (Lipinski definition) is 2. The van der Waals surface area contributed by atoms with Gasteiger partial charge in [-0.05, 0) is 48.6 Å². The fraction of sp³-hybridized carbons (Fsp3) is 0.350. The van der Waals surface area contributed by atoms with Gasteiger partial charge in [0.15, 0.2) is 5.96 Å². The van der Waals surface area contributed by atoms with Crippen molar-refractivity contribution >= 4 is 5.96 Å². The molecule has 0 radical (unpaired) electrons. The quantitative estimate of drug-likeness (QED) is 0.541. The Morgan fingerprint density at radius 3 is 2.50 bits per heavy atom. The molecule has 2 rings (SSSR count). The van der Waals surface area contributed by atoms with Crippen LogP contribution in [0.15, 0.2) is 53.5 Å². The van der Waals surface area contributed by atoms with Gasteiger partial charge in [0, 0.05) is 13.1 Å². The average Bonchev–Trinajstić information content (AvgIpc) is 2.60. The number of benzene rings is 2. The number of aromatic hydroxyl groups is 1. The van der Waals surface area contributed by atoms with Gasteiger partial charge in [0.25, 0.3) is 0 Å². The number of rotatable bonds is 7. The summed E-state index contributed by atoms with van der Waals surface area (Å²) in [6, 6.07) is 15.8. The fourth-order valence-electron chi connectivity index (χ4n) is 2.60. The summed E-state index contributed by atoms with van der Waals surface area (Å²) >= 11 is 0. The summed E-state index contributed by atoms with van der Waals surface area (Å²) in [4.78, 5) is 4.69. The SMILES string of the molecule is CCNC(=NCc1ccccc1CC)NCCc1cccc(O)c1. The van der Waals surface area contributed by atoms with Crippen LogP contribution < -0.4 is 10.6 Å². The highest BCUT2D eigenvalue weighted by Crippen LogP contribution is 2.11. The van der Waals surface area contributed by atoms with Gasteiger partial charge in [-0.3, -0.25) is 0 Å².